The van der Waals surface area contributed by atoms with Crippen molar-refractivity contribution in [2.45, 2.75) is 273 Å². The lowest BCUT2D eigenvalue weighted by atomic mass is 9.33. The average molecular weight is 1220 g/mol. The van der Waals surface area contributed by atoms with Crippen molar-refractivity contribution in [1.82, 2.24) is 0 Å². The summed E-state index contributed by atoms with van der Waals surface area (Å²) in [6.45, 7) is 14.3. The number of hydrogen-bond acceptors (Lipinski definition) is 26. The molecular weight excluding hydrogens is 1120 g/mol. The molecule has 9 fully saturated rings. The molecule has 26 nitrogen and oxygen atoms in total. The van der Waals surface area contributed by atoms with Gasteiger partial charge in [-0.2, -0.15) is 0 Å². The van der Waals surface area contributed by atoms with Crippen LogP contribution < -0.4 is 0 Å². The van der Waals surface area contributed by atoms with Crippen LogP contribution in [0.1, 0.15) is 120 Å². The van der Waals surface area contributed by atoms with Crippen LogP contribution in [-0.2, 0) is 52.2 Å². The maximum Gasteiger partial charge on any atom is 0.315 e. The van der Waals surface area contributed by atoms with Gasteiger partial charge < -0.3 is 124 Å². The van der Waals surface area contributed by atoms with Crippen molar-refractivity contribution in [3.05, 3.63) is 11.6 Å². The Bertz CT molecular complexity index is 2370. The minimum atomic E-state index is -1.92. The van der Waals surface area contributed by atoms with E-state index in [9.17, 15) is 76.6 Å². The molecule has 5 aliphatic heterocycles. The number of aliphatic hydroxyl groups is 15. The molecule has 0 radical (unpaired) electrons. The number of esters is 1. The summed E-state index contributed by atoms with van der Waals surface area (Å²) in [6.07, 6.45) is -30.0. The summed E-state index contributed by atoms with van der Waals surface area (Å²) in [7, 11) is 0. The van der Waals surface area contributed by atoms with Gasteiger partial charge >= 0.3 is 5.97 Å². The van der Waals surface area contributed by atoms with Crippen LogP contribution >= 0.6 is 0 Å². The fraction of sp³-hybridized carbons (Fsp3) is 0.949. The molecule has 0 spiro atoms. The Kier molecular flexibility index (Phi) is 19.0. The van der Waals surface area contributed by atoms with Gasteiger partial charge in [0.15, 0.2) is 25.2 Å². The highest BCUT2D eigenvalue weighted by Gasteiger charge is 2.71. The van der Waals surface area contributed by atoms with E-state index in [1.54, 1.807) is 0 Å². The lowest BCUT2D eigenvalue weighted by Gasteiger charge is -2.71. The molecule has 0 unspecified atom stereocenters. The van der Waals surface area contributed by atoms with Crippen LogP contribution in [-0.4, -0.2) is 263 Å². The van der Waals surface area contributed by atoms with E-state index in [1.807, 2.05) is 6.92 Å². The summed E-state index contributed by atoms with van der Waals surface area (Å²) >= 11 is 0. The SMILES string of the molecule is C[C@@H]1O[C@@H](O[C@H]2[C@H](O[C@H]3CC[C@@]4(C)[C@@H](CC[C@]5(C)[C@@H]4CC=C4[C@@H]6CC(C)(C)CC[C@]6(C(=O)O[C@@H]6O[C@H](CO[C@@H]7O[C@H](CO)[C@@H](O)[C@H](O)[C@H]7O[C@@H]7O[C@@H](C)[C@H](O)[C@@H](O)[C@H]7O)[C@@H](O)[C@H](O)[C@H]6O)CC[C@]45C)[C@]3(C)CO)OC[C@H](O)[C@@H]2O)[C@H](O)[C@H](O)[C@H]1O. The monoisotopic (exact) mass is 1220 g/mol. The lowest BCUT2D eigenvalue weighted by Crippen LogP contribution is -2.67. The van der Waals surface area contributed by atoms with Gasteiger partial charge in [-0.3, -0.25) is 4.79 Å². The van der Waals surface area contributed by atoms with E-state index in [0.29, 0.717) is 57.8 Å². The molecular formula is C59H96O26. The molecule has 0 bridgehead atoms. The summed E-state index contributed by atoms with van der Waals surface area (Å²) in [4.78, 5) is 15.3. The maximum absolute atomic E-state index is 15.3. The first kappa shape index (κ1) is 66.2. The number of fused-ring (bicyclic) bond motifs is 7. The Morgan fingerprint density at radius 1 is 0.565 bits per heavy atom. The van der Waals surface area contributed by atoms with Gasteiger partial charge in [0.2, 0.25) is 6.29 Å². The van der Waals surface area contributed by atoms with Crippen LogP contribution in [0.4, 0.5) is 0 Å². The zero-order valence-corrected chi connectivity index (χ0v) is 49.8. The van der Waals surface area contributed by atoms with E-state index in [1.165, 1.54) is 19.4 Å². The molecule has 0 aromatic carbocycles. The van der Waals surface area contributed by atoms with Gasteiger partial charge in [0.1, 0.15) is 104 Å². The molecule has 85 heavy (non-hydrogen) atoms. The fourth-order valence-corrected chi connectivity index (χ4v) is 17.5. The minimum absolute atomic E-state index is 0.0713. The average Bonchev–Trinajstić information content (AvgIpc) is 0.713. The number of hydrogen-bond donors (Lipinski definition) is 15. The van der Waals surface area contributed by atoms with Crippen molar-refractivity contribution in [3.8, 4) is 0 Å². The molecule has 0 aromatic heterocycles. The zero-order valence-electron chi connectivity index (χ0n) is 49.8. The second-order valence-corrected chi connectivity index (χ2v) is 28.5. The normalized spacial score (nSPS) is 55.3. The highest BCUT2D eigenvalue weighted by Crippen LogP contribution is 2.76. The third-order valence-corrected chi connectivity index (χ3v) is 23.2. The lowest BCUT2D eigenvalue weighted by molar-refractivity contribution is -0.370. The van der Waals surface area contributed by atoms with E-state index >= 15 is 4.79 Å². The Hall–Kier alpha value is -1.75. The largest absolute Gasteiger partial charge is 0.432 e. The minimum Gasteiger partial charge on any atom is -0.432 e. The van der Waals surface area contributed by atoms with Crippen LogP contribution in [0.15, 0.2) is 11.6 Å². The van der Waals surface area contributed by atoms with E-state index in [2.05, 4.69) is 40.7 Å². The predicted molar refractivity (Wildman–Crippen MR) is 288 cm³/mol. The third-order valence-electron chi connectivity index (χ3n) is 23.2. The Labute approximate surface area is 494 Å². The first-order valence-corrected chi connectivity index (χ1v) is 30.6. The van der Waals surface area contributed by atoms with Crippen LogP contribution in [0.3, 0.4) is 0 Å². The molecule has 33 atom stereocenters. The number of rotatable bonds is 13. The molecule has 10 aliphatic rings. The number of allylic oxidation sites excluding steroid dienone is 2. The van der Waals surface area contributed by atoms with Crippen molar-refractivity contribution in [3.63, 3.8) is 0 Å². The van der Waals surface area contributed by atoms with E-state index in [0.717, 1.165) is 6.42 Å². The van der Waals surface area contributed by atoms with E-state index in [4.69, 9.17) is 47.4 Å². The quantitative estimate of drug-likeness (QED) is 0.0513. The summed E-state index contributed by atoms with van der Waals surface area (Å²) in [5, 5.41) is 163. The van der Waals surface area contributed by atoms with Crippen molar-refractivity contribution >= 4 is 5.97 Å². The fourth-order valence-electron chi connectivity index (χ4n) is 17.5. The summed E-state index contributed by atoms with van der Waals surface area (Å²) < 4.78 is 59.9. The second-order valence-electron chi connectivity index (χ2n) is 28.5. The number of carbonyl (C=O) groups excluding carboxylic acids is 1. The third kappa shape index (κ3) is 11.1. The highest BCUT2D eigenvalue weighted by molar-refractivity contribution is 5.79. The molecule has 5 saturated heterocycles. The van der Waals surface area contributed by atoms with Crippen molar-refractivity contribution in [2.75, 3.05) is 26.4 Å². The van der Waals surface area contributed by atoms with Crippen molar-refractivity contribution < 1.29 is 129 Å². The second kappa shape index (κ2) is 24.4. The van der Waals surface area contributed by atoms with Crippen molar-refractivity contribution in [2.24, 2.45) is 50.2 Å². The van der Waals surface area contributed by atoms with Gasteiger partial charge in [0.05, 0.1) is 50.2 Å². The van der Waals surface area contributed by atoms with Crippen molar-refractivity contribution in [1.29, 1.82) is 0 Å². The van der Waals surface area contributed by atoms with Crippen LogP contribution in [0, 0.1) is 50.2 Å². The Morgan fingerprint density at radius 2 is 1.13 bits per heavy atom. The Morgan fingerprint density at radius 3 is 1.74 bits per heavy atom. The predicted octanol–water partition coefficient (Wildman–Crippen LogP) is -2.54. The van der Waals surface area contributed by atoms with E-state index in [-0.39, 0.29) is 47.2 Å². The molecule has 15 N–H and O–H groups in total. The molecule has 0 amide bonds. The number of carbonyl (C=O) groups is 1. The molecule has 5 aliphatic carbocycles. The van der Waals surface area contributed by atoms with Gasteiger partial charge in [-0.05, 0) is 117 Å². The summed E-state index contributed by atoms with van der Waals surface area (Å²) in [6, 6.07) is 0. The summed E-state index contributed by atoms with van der Waals surface area (Å²) in [5.74, 6) is -0.891. The van der Waals surface area contributed by atoms with Crippen LogP contribution in [0.2, 0.25) is 0 Å². The topological polar surface area (TPSA) is 413 Å². The van der Waals surface area contributed by atoms with Gasteiger partial charge in [-0.1, -0.05) is 53.2 Å². The Balaban J connectivity index is 0.855. The molecule has 5 heterocycles. The number of ether oxygens (including phenoxy) is 10. The smallest absolute Gasteiger partial charge is 0.315 e. The molecule has 488 valence electrons. The zero-order chi connectivity index (χ0) is 62.0. The van der Waals surface area contributed by atoms with Crippen LogP contribution in [0.5, 0.6) is 0 Å². The van der Waals surface area contributed by atoms with Gasteiger partial charge in [0.25, 0.3) is 0 Å². The standard InChI is InChI=1S/C59H96O26/c1-24-34(63)39(68)43(72)48(78-24)83-46-36(65)28(62)21-76-52(46)82-33-12-13-55(5)31(56(33,6)23-61)11-14-58(8)32(55)10-9-26-27-19-54(3,4)15-17-59(27,18-16-57(26,58)7)53(75)85-50-45(74)41(70)38(67)30(81-50)22-77-51-47(42(71)37(66)29(20-60)80-51)84-49-44(73)40(69)35(64)25(2)79-49/h9,24-25,27-52,60-74H,10-23H2,1-8H3/t24-,25-,27-,28-,29+,30+,31+,32+,33-,34-,35-,36-,37+,38+,39+,40+,41-,42-,43+,44+,45+,46+,47+,48-,49-,50-,51+,52-,55-,56-,57+,58+,59-/m0/s1. The molecule has 4 saturated carbocycles. The molecule has 26 heteroatoms. The van der Waals surface area contributed by atoms with Gasteiger partial charge in [0, 0.05) is 5.41 Å². The molecule has 0 aromatic rings. The number of aliphatic hydroxyl groups excluding tert-OH is 15. The van der Waals surface area contributed by atoms with Gasteiger partial charge in [-0.15, -0.1) is 0 Å². The first-order valence-electron chi connectivity index (χ1n) is 30.6. The van der Waals surface area contributed by atoms with E-state index < -0.39 is 189 Å². The molecule has 10 rings (SSSR count). The highest BCUT2D eigenvalue weighted by atomic mass is 16.8. The first-order chi connectivity index (χ1) is 39.8. The summed E-state index contributed by atoms with van der Waals surface area (Å²) in [5.41, 5.74) is -1.99. The van der Waals surface area contributed by atoms with Gasteiger partial charge in [-0.25, -0.2) is 0 Å². The van der Waals surface area contributed by atoms with Crippen LogP contribution in [0.25, 0.3) is 0 Å². The maximum atomic E-state index is 15.3.